The van der Waals surface area contributed by atoms with Gasteiger partial charge in [-0.15, -0.1) is 0 Å². The number of hydrogen-bond acceptors (Lipinski definition) is 0. The lowest BCUT2D eigenvalue weighted by Crippen LogP contribution is -2.14. The summed E-state index contributed by atoms with van der Waals surface area (Å²) in [6.07, 6.45) is 5.10. The van der Waals surface area contributed by atoms with E-state index in [4.69, 9.17) is 11.1 Å². The van der Waals surface area contributed by atoms with Gasteiger partial charge in [-0.3, -0.25) is 0 Å². The fourth-order valence-electron chi connectivity index (χ4n) is 2.63. The van der Waals surface area contributed by atoms with Crippen molar-refractivity contribution in [3.05, 3.63) is 35.4 Å². The zero-order chi connectivity index (χ0) is 11.4. The number of rotatable bonds is 3. The Kier molecular flexibility index (Phi) is 4.48. The zero-order valence-electron chi connectivity index (χ0n) is 10.1. The summed E-state index contributed by atoms with van der Waals surface area (Å²) >= 11 is 6.27. The van der Waals surface area contributed by atoms with Crippen molar-refractivity contribution in [1.82, 2.24) is 0 Å². The van der Waals surface area contributed by atoms with Crippen LogP contribution in [0.1, 0.15) is 43.2 Å². The molecule has 0 nitrogen and oxygen atoms in total. The Bertz CT molecular complexity index is 312. The van der Waals surface area contributed by atoms with E-state index >= 15 is 0 Å². The van der Waals surface area contributed by atoms with Crippen molar-refractivity contribution in [3.63, 3.8) is 0 Å². The molecule has 0 unspecified atom stereocenters. The van der Waals surface area contributed by atoms with Gasteiger partial charge in [-0.2, -0.15) is 11.1 Å². The van der Waals surface area contributed by atoms with E-state index in [1.165, 1.54) is 48.9 Å². The summed E-state index contributed by atoms with van der Waals surface area (Å²) in [5.41, 5.74) is 3.02. The van der Waals surface area contributed by atoms with Crippen LogP contribution in [0.3, 0.4) is 0 Å². The predicted octanol–water partition coefficient (Wildman–Crippen LogP) is 4.48. The predicted molar refractivity (Wildman–Crippen MR) is 75.0 cm³/mol. The molecule has 0 aromatic heterocycles. The van der Waals surface area contributed by atoms with Gasteiger partial charge in [0, 0.05) is 0 Å². The highest BCUT2D eigenvalue weighted by Gasteiger charge is 2.21. The molecule has 1 heterocycles. The molecule has 0 N–H and O–H groups in total. The first-order chi connectivity index (χ1) is 7.79. The van der Waals surface area contributed by atoms with E-state index in [1.807, 2.05) is 0 Å². The van der Waals surface area contributed by atoms with Crippen molar-refractivity contribution < 1.29 is 0 Å². The van der Waals surface area contributed by atoms with Crippen LogP contribution in [0.2, 0.25) is 12.1 Å². The molecule has 0 radical (unpaired) electrons. The van der Waals surface area contributed by atoms with Gasteiger partial charge in [0.15, 0.2) is 0 Å². The van der Waals surface area contributed by atoms with E-state index in [0.717, 1.165) is 5.92 Å². The van der Waals surface area contributed by atoms with Gasteiger partial charge >= 0.3 is 0 Å². The monoisotopic (exact) mass is 252 g/mol. The molecule has 1 saturated heterocycles. The third kappa shape index (κ3) is 3.11. The Labute approximate surface area is 105 Å². The Balaban J connectivity index is 1.98. The van der Waals surface area contributed by atoms with Crippen LogP contribution in [0.5, 0.6) is 0 Å². The maximum atomic E-state index is 6.27. The summed E-state index contributed by atoms with van der Waals surface area (Å²) in [6, 6.07) is 11.9. The number of benzene rings is 1. The minimum absolute atomic E-state index is 0.790. The Morgan fingerprint density at radius 3 is 2.38 bits per heavy atom. The molecular formula is C14H21ClSi. The third-order valence-corrected chi connectivity index (χ3v) is 6.88. The van der Waals surface area contributed by atoms with Crippen LogP contribution >= 0.6 is 11.1 Å². The van der Waals surface area contributed by atoms with Crippen molar-refractivity contribution in [2.75, 3.05) is 0 Å². The van der Waals surface area contributed by atoms with Gasteiger partial charge in [-0.05, 0) is 48.4 Å². The lowest BCUT2D eigenvalue weighted by molar-refractivity contribution is 0.613. The molecule has 1 aliphatic heterocycles. The normalized spacial score (nSPS) is 25.6. The molecular weight excluding hydrogens is 232 g/mol. The van der Waals surface area contributed by atoms with Crippen LogP contribution in [0.25, 0.3) is 0 Å². The molecule has 1 fully saturated rings. The lowest BCUT2D eigenvalue weighted by atomic mass is 9.92. The standard InChI is InChI=1S/C14H21ClSi/c1-2-3-12-4-6-13(7-5-12)14-8-10-16(15)11-9-14/h4-7,14,16H,2-3,8-11H2,1H3. The first-order valence-electron chi connectivity index (χ1n) is 6.52. The van der Waals surface area contributed by atoms with Crippen molar-refractivity contribution in [3.8, 4) is 0 Å². The molecule has 1 aromatic carbocycles. The van der Waals surface area contributed by atoms with Crippen LogP contribution in [-0.4, -0.2) is 8.11 Å². The van der Waals surface area contributed by atoms with Crippen LogP contribution in [0.15, 0.2) is 24.3 Å². The number of hydrogen-bond donors (Lipinski definition) is 0. The Morgan fingerprint density at radius 1 is 1.19 bits per heavy atom. The van der Waals surface area contributed by atoms with Crippen LogP contribution in [0.4, 0.5) is 0 Å². The summed E-state index contributed by atoms with van der Waals surface area (Å²) in [5, 5.41) is 0. The Morgan fingerprint density at radius 2 is 1.81 bits per heavy atom. The largest absolute Gasteiger partial charge is 0.172 e. The summed E-state index contributed by atoms with van der Waals surface area (Å²) in [4.78, 5) is 0. The second kappa shape index (κ2) is 5.88. The van der Waals surface area contributed by atoms with Crippen LogP contribution < -0.4 is 0 Å². The van der Waals surface area contributed by atoms with E-state index in [0.29, 0.717) is 0 Å². The summed E-state index contributed by atoms with van der Waals surface area (Å²) in [7, 11) is -0.805. The van der Waals surface area contributed by atoms with Crippen molar-refractivity contribution >= 4 is 19.2 Å². The van der Waals surface area contributed by atoms with Crippen molar-refractivity contribution in [2.45, 2.75) is 50.6 Å². The van der Waals surface area contributed by atoms with Crippen LogP contribution in [-0.2, 0) is 6.42 Å². The molecule has 0 atom stereocenters. The molecule has 0 spiro atoms. The van der Waals surface area contributed by atoms with Crippen molar-refractivity contribution in [2.24, 2.45) is 0 Å². The quantitative estimate of drug-likeness (QED) is 0.550. The lowest BCUT2D eigenvalue weighted by Gasteiger charge is -2.24. The average molecular weight is 253 g/mol. The molecule has 0 saturated carbocycles. The fourth-order valence-corrected chi connectivity index (χ4v) is 5.20. The molecule has 0 aliphatic carbocycles. The van der Waals surface area contributed by atoms with Crippen LogP contribution in [0, 0.1) is 0 Å². The summed E-state index contributed by atoms with van der Waals surface area (Å²) < 4.78 is 0. The highest BCUT2D eigenvalue weighted by Crippen LogP contribution is 2.34. The minimum Gasteiger partial charge on any atom is -0.172 e. The summed E-state index contributed by atoms with van der Waals surface area (Å²) in [5.74, 6) is 0.790. The second-order valence-electron chi connectivity index (χ2n) is 4.94. The topological polar surface area (TPSA) is 0 Å². The van der Waals surface area contributed by atoms with Gasteiger partial charge in [0.2, 0.25) is 0 Å². The third-order valence-electron chi connectivity index (χ3n) is 3.65. The highest BCUT2D eigenvalue weighted by atomic mass is 35.6. The van der Waals surface area contributed by atoms with Crippen molar-refractivity contribution in [1.29, 1.82) is 0 Å². The molecule has 1 aromatic rings. The van der Waals surface area contributed by atoms with E-state index in [9.17, 15) is 0 Å². The van der Waals surface area contributed by atoms with E-state index in [2.05, 4.69) is 31.2 Å². The van der Waals surface area contributed by atoms with Gasteiger partial charge in [-0.25, -0.2) is 0 Å². The highest BCUT2D eigenvalue weighted by molar-refractivity contribution is 7.07. The van der Waals surface area contributed by atoms with E-state index < -0.39 is 8.11 Å². The maximum Gasteiger partial charge on any atom is 0.141 e. The zero-order valence-corrected chi connectivity index (χ0v) is 12.0. The SMILES string of the molecule is CCCc1ccc(C2CC[SiH](Cl)CC2)cc1. The Hall–Kier alpha value is -0.273. The number of halogens is 1. The molecule has 88 valence electrons. The first kappa shape index (κ1) is 12.2. The molecule has 0 amide bonds. The minimum atomic E-state index is -0.805. The average Bonchev–Trinajstić information content (AvgIpc) is 2.32. The van der Waals surface area contributed by atoms with Gasteiger partial charge in [0.25, 0.3) is 0 Å². The van der Waals surface area contributed by atoms with Gasteiger partial charge in [0.05, 0.1) is 0 Å². The fraction of sp³-hybridized carbons (Fsp3) is 0.571. The molecule has 1 aliphatic rings. The molecule has 2 rings (SSSR count). The molecule has 2 heteroatoms. The van der Waals surface area contributed by atoms with Gasteiger partial charge < -0.3 is 0 Å². The maximum absolute atomic E-state index is 6.27. The molecule has 0 bridgehead atoms. The van der Waals surface area contributed by atoms with E-state index in [-0.39, 0.29) is 0 Å². The molecule has 16 heavy (non-hydrogen) atoms. The number of aryl methyl sites for hydroxylation is 1. The van der Waals surface area contributed by atoms with Gasteiger partial charge in [-0.1, -0.05) is 37.6 Å². The second-order valence-corrected chi connectivity index (χ2v) is 9.14. The first-order valence-corrected chi connectivity index (χ1v) is 9.90. The van der Waals surface area contributed by atoms with Gasteiger partial charge in [0.1, 0.15) is 8.11 Å². The summed E-state index contributed by atoms with van der Waals surface area (Å²) in [6.45, 7) is 2.24. The van der Waals surface area contributed by atoms with E-state index in [1.54, 1.807) is 0 Å². The smallest absolute Gasteiger partial charge is 0.141 e.